The Kier molecular flexibility index (Phi) is 6.09. The third-order valence-corrected chi connectivity index (χ3v) is 5.38. The summed E-state index contributed by atoms with van der Waals surface area (Å²) >= 11 is 0. The molecular formula is C22H27NO5. The molecule has 0 aliphatic carbocycles. The molecule has 1 aliphatic rings. The fraction of sp³-hybridized carbons (Fsp3) is 0.409. The van der Waals surface area contributed by atoms with Gasteiger partial charge in [0.15, 0.2) is 0 Å². The Bertz CT molecular complexity index is 851. The maximum absolute atomic E-state index is 12.9. The molecule has 0 bridgehead atoms. The van der Waals surface area contributed by atoms with Crippen LogP contribution in [-0.4, -0.2) is 34.2 Å². The lowest BCUT2D eigenvalue weighted by Crippen LogP contribution is -2.41. The van der Waals surface area contributed by atoms with Crippen molar-refractivity contribution in [3.8, 4) is 23.0 Å². The first-order valence-corrected chi connectivity index (χ1v) is 9.25. The average molecular weight is 385 g/mol. The maximum atomic E-state index is 12.9. The molecule has 28 heavy (non-hydrogen) atoms. The van der Waals surface area contributed by atoms with Gasteiger partial charge in [-0.15, -0.1) is 0 Å². The van der Waals surface area contributed by atoms with Crippen molar-refractivity contribution in [1.82, 2.24) is 5.32 Å². The van der Waals surface area contributed by atoms with Crippen LogP contribution in [0.15, 0.2) is 36.4 Å². The second-order valence-electron chi connectivity index (χ2n) is 6.87. The Morgan fingerprint density at radius 2 is 1.36 bits per heavy atom. The zero-order chi connectivity index (χ0) is 20.3. The molecule has 6 nitrogen and oxygen atoms in total. The van der Waals surface area contributed by atoms with Crippen molar-refractivity contribution in [2.75, 3.05) is 28.4 Å². The number of ketones is 1. The maximum Gasteiger partial charge on any atom is 0.139 e. The lowest BCUT2D eigenvalue weighted by Gasteiger charge is -2.36. The topological polar surface area (TPSA) is 66.0 Å². The number of piperidine rings is 1. The molecule has 3 atom stereocenters. The molecule has 1 fully saturated rings. The average Bonchev–Trinajstić information content (AvgIpc) is 2.74. The van der Waals surface area contributed by atoms with E-state index >= 15 is 0 Å². The molecule has 2 aromatic carbocycles. The number of Topliss-reactive ketones (excluding diaryl/α,β-unsaturated/α-hetero) is 1. The van der Waals surface area contributed by atoms with Gasteiger partial charge in [-0.25, -0.2) is 0 Å². The minimum absolute atomic E-state index is 0.184. The summed E-state index contributed by atoms with van der Waals surface area (Å²) in [4.78, 5) is 12.9. The van der Waals surface area contributed by atoms with Gasteiger partial charge in [0.2, 0.25) is 0 Å². The molecule has 3 rings (SSSR count). The normalized spacial score (nSPS) is 21.9. The molecule has 2 aromatic rings. The monoisotopic (exact) mass is 385 g/mol. The zero-order valence-corrected chi connectivity index (χ0v) is 16.9. The summed E-state index contributed by atoms with van der Waals surface area (Å²) in [6.45, 7) is 1.94. The van der Waals surface area contributed by atoms with Gasteiger partial charge < -0.3 is 24.3 Å². The summed E-state index contributed by atoms with van der Waals surface area (Å²) in [6, 6.07) is 10.8. The van der Waals surface area contributed by atoms with Crippen molar-refractivity contribution >= 4 is 5.78 Å². The van der Waals surface area contributed by atoms with Gasteiger partial charge >= 0.3 is 0 Å². The van der Waals surface area contributed by atoms with Crippen LogP contribution in [0.3, 0.4) is 0 Å². The lowest BCUT2D eigenvalue weighted by molar-refractivity contribution is -0.126. The van der Waals surface area contributed by atoms with Gasteiger partial charge in [-0.2, -0.15) is 0 Å². The summed E-state index contributed by atoms with van der Waals surface area (Å²) in [6.07, 6.45) is 0.382. The molecule has 1 N–H and O–H groups in total. The van der Waals surface area contributed by atoms with E-state index in [0.717, 1.165) is 34.1 Å². The molecule has 150 valence electrons. The van der Waals surface area contributed by atoms with Gasteiger partial charge in [0.25, 0.3) is 0 Å². The van der Waals surface area contributed by atoms with Crippen molar-refractivity contribution in [3.05, 3.63) is 47.5 Å². The molecule has 1 aliphatic heterocycles. The first-order chi connectivity index (χ1) is 13.5. The predicted molar refractivity (Wildman–Crippen MR) is 106 cm³/mol. The number of carbonyl (C=O) groups excluding carboxylic acids is 1. The number of rotatable bonds is 6. The molecule has 0 radical (unpaired) electrons. The second-order valence-corrected chi connectivity index (χ2v) is 6.87. The van der Waals surface area contributed by atoms with E-state index in [1.54, 1.807) is 28.4 Å². The van der Waals surface area contributed by atoms with Gasteiger partial charge in [-0.3, -0.25) is 4.79 Å². The quantitative estimate of drug-likeness (QED) is 0.818. The Morgan fingerprint density at radius 1 is 0.821 bits per heavy atom. The van der Waals surface area contributed by atoms with Crippen LogP contribution in [0.25, 0.3) is 0 Å². The highest BCUT2D eigenvalue weighted by Crippen LogP contribution is 2.42. The highest BCUT2D eigenvalue weighted by Gasteiger charge is 2.37. The van der Waals surface area contributed by atoms with Crippen LogP contribution in [0.4, 0.5) is 0 Å². The number of hydrogen-bond acceptors (Lipinski definition) is 6. The third kappa shape index (κ3) is 3.78. The van der Waals surface area contributed by atoms with E-state index in [2.05, 4.69) is 5.32 Å². The molecule has 1 saturated heterocycles. The van der Waals surface area contributed by atoms with Crippen LogP contribution in [0.1, 0.15) is 36.6 Å². The minimum Gasteiger partial charge on any atom is -0.497 e. The van der Waals surface area contributed by atoms with Gasteiger partial charge in [0.1, 0.15) is 28.8 Å². The second kappa shape index (κ2) is 8.52. The summed E-state index contributed by atoms with van der Waals surface area (Å²) in [7, 11) is 6.50. The molecule has 0 unspecified atom stereocenters. The van der Waals surface area contributed by atoms with Crippen molar-refractivity contribution in [2.24, 2.45) is 5.92 Å². The minimum atomic E-state index is -0.216. The summed E-state index contributed by atoms with van der Waals surface area (Å²) in [5.41, 5.74) is 1.79. The van der Waals surface area contributed by atoms with Crippen LogP contribution >= 0.6 is 0 Å². The van der Waals surface area contributed by atoms with Crippen LogP contribution in [-0.2, 0) is 4.79 Å². The summed E-state index contributed by atoms with van der Waals surface area (Å²) in [5.74, 6) is 2.86. The Hall–Kier alpha value is -2.73. The molecule has 0 spiro atoms. The predicted octanol–water partition coefficient (Wildman–Crippen LogP) is 3.70. The van der Waals surface area contributed by atoms with Crippen molar-refractivity contribution < 1.29 is 23.7 Å². The molecule has 0 saturated carbocycles. The zero-order valence-electron chi connectivity index (χ0n) is 16.9. The van der Waals surface area contributed by atoms with Crippen LogP contribution in [0.2, 0.25) is 0 Å². The van der Waals surface area contributed by atoms with Gasteiger partial charge in [-0.05, 0) is 36.4 Å². The van der Waals surface area contributed by atoms with Crippen LogP contribution < -0.4 is 24.3 Å². The van der Waals surface area contributed by atoms with Crippen molar-refractivity contribution in [3.63, 3.8) is 0 Å². The first kappa shape index (κ1) is 20.0. The van der Waals surface area contributed by atoms with Crippen molar-refractivity contribution in [1.29, 1.82) is 0 Å². The van der Waals surface area contributed by atoms with E-state index in [9.17, 15) is 4.79 Å². The number of benzene rings is 2. The van der Waals surface area contributed by atoms with E-state index in [1.165, 1.54) is 0 Å². The largest absolute Gasteiger partial charge is 0.497 e. The van der Waals surface area contributed by atoms with E-state index < -0.39 is 0 Å². The SMILES string of the molecule is COc1ccc(OC)c([C@@H]2CC(=O)[C@H](C)[C@@H](c3cc(OC)ccc3OC)N2)c1. The van der Waals surface area contributed by atoms with E-state index in [1.807, 2.05) is 43.3 Å². The van der Waals surface area contributed by atoms with Gasteiger partial charge in [0, 0.05) is 35.5 Å². The fourth-order valence-electron chi connectivity index (χ4n) is 3.75. The molecule has 6 heteroatoms. The highest BCUT2D eigenvalue weighted by molar-refractivity contribution is 5.83. The molecule has 0 aromatic heterocycles. The number of nitrogens with one attached hydrogen (secondary N) is 1. The summed E-state index contributed by atoms with van der Waals surface area (Å²) in [5, 5.41) is 3.63. The fourth-order valence-corrected chi connectivity index (χ4v) is 3.75. The third-order valence-electron chi connectivity index (χ3n) is 5.38. The Balaban J connectivity index is 2.03. The number of ether oxygens (including phenoxy) is 4. The molecule has 0 amide bonds. The van der Waals surface area contributed by atoms with E-state index in [4.69, 9.17) is 18.9 Å². The molecular weight excluding hydrogens is 358 g/mol. The summed E-state index contributed by atoms with van der Waals surface area (Å²) < 4.78 is 21.8. The smallest absolute Gasteiger partial charge is 0.139 e. The Labute approximate surface area is 165 Å². The standard InChI is InChI=1S/C22H27NO5/c1-13-19(24)12-18(16-10-14(25-2)6-8-20(16)27-4)23-22(13)17-11-15(26-3)7-9-21(17)28-5/h6-11,13,18,22-23H,12H2,1-5H3/t13-,18-,22-/m0/s1. The van der Waals surface area contributed by atoms with E-state index in [0.29, 0.717) is 6.42 Å². The number of carbonyl (C=O) groups is 1. The van der Waals surface area contributed by atoms with Gasteiger partial charge in [-0.1, -0.05) is 6.92 Å². The number of hydrogen-bond donors (Lipinski definition) is 1. The first-order valence-electron chi connectivity index (χ1n) is 9.25. The Morgan fingerprint density at radius 3 is 1.89 bits per heavy atom. The van der Waals surface area contributed by atoms with E-state index in [-0.39, 0.29) is 23.8 Å². The van der Waals surface area contributed by atoms with Gasteiger partial charge in [0.05, 0.1) is 28.4 Å². The lowest BCUT2D eigenvalue weighted by atomic mass is 9.81. The van der Waals surface area contributed by atoms with Crippen LogP contribution in [0.5, 0.6) is 23.0 Å². The van der Waals surface area contributed by atoms with Crippen molar-refractivity contribution in [2.45, 2.75) is 25.4 Å². The highest BCUT2D eigenvalue weighted by atomic mass is 16.5. The molecule has 1 heterocycles. The number of methoxy groups -OCH3 is 4. The van der Waals surface area contributed by atoms with Crippen LogP contribution in [0, 0.1) is 5.92 Å².